The number of hydrogen-bond acceptors (Lipinski definition) is 5. The largest absolute Gasteiger partial charge is 0.497 e. The standard InChI is InChI=1S/C34H36FN3O5S/c1-3-22-36-34(40)32(23-26-10-6-4-7-11-26)37(24-27-14-16-28(35)17-15-27)33(39)25-38(29-18-20-30(43-2)21-19-29)44(41,42)31-12-8-5-9-13-31/h4-21,32H,3,22-25H2,1-2H3,(H,36,40)/t32-/m1/s1. The van der Waals surface area contributed by atoms with Crippen LogP contribution in [-0.4, -0.2) is 51.4 Å². The fourth-order valence-electron chi connectivity index (χ4n) is 4.70. The summed E-state index contributed by atoms with van der Waals surface area (Å²) in [5.74, 6) is -0.885. The Morgan fingerprint density at radius 3 is 2.05 bits per heavy atom. The lowest BCUT2D eigenvalue weighted by Gasteiger charge is -2.34. The Morgan fingerprint density at radius 1 is 0.841 bits per heavy atom. The number of carbonyl (C=O) groups is 2. The SMILES string of the molecule is CCCNC(=O)[C@@H](Cc1ccccc1)N(Cc1ccc(F)cc1)C(=O)CN(c1ccc(OC)cc1)S(=O)(=O)c1ccccc1. The second-order valence-electron chi connectivity index (χ2n) is 10.2. The van der Waals surface area contributed by atoms with Crippen LogP contribution in [0.15, 0.2) is 114 Å². The molecule has 1 atom stereocenters. The van der Waals surface area contributed by atoms with Crippen molar-refractivity contribution in [1.29, 1.82) is 0 Å². The van der Waals surface area contributed by atoms with Crippen molar-refractivity contribution < 1.29 is 27.1 Å². The Bertz CT molecular complexity index is 1620. The Labute approximate surface area is 258 Å². The summed E-state index contributed by atoms with van der Waals surface area (Å²) in [6.07, 6.45) is 0.883. The van der Waals surface area contributed by atoms with E-state index in [-0.39, 0.29) is 29.5 Å². The van der Waals surface area contributed by atoms with Crippen LogP contribution in [0, 0.1) is 5.82 Å². The highest BCUT2D eigenvalue weighted by Crippen LogP contribution is 2.27. The highest BCUT2D eigenvalue weighted by molar-refractivity contribution is 7.92. The summed E-state index contributed by atoms with van der Waals surface area (Å²) >= 11 is 0. The van der Waals surface area contributed by atoms with E-state index in [1.54, 1.807) is 54.6 Å². The van der Waals surface area contributed by atoms with E-state index >= 15 is 0 Å². The molecule has 0 saturated carbocycles. The van der Waals surface area contributed by atoms with Crippen molar-refractivity contribution in [2.45, 2.75) is 37.2 Å². The summed E-state index contributed by atoms with van der Waals surface area (Å²) in [5.41, 5.74) is 1.66. The maximum atomic E-state index is 14.4. The highest BCUT2D eigenvalue weighted by atomic mass is 32.2. The van der Waals surface area contributed by atoms with Gasteiger partial charge in [0.25, 0.3) is 10.0 Å². The minimum absolute atomic E-state index is 0.00947. The summed E-state index contributed by atoms with van der Waals surface area (Å²) in [7, 11) is -2.70. The molecule has 0 unspecified atom stereocenters. The molecule has 10 heteroatoms. The molecule has 0 fully saturated rings. The third kappa shape index (κ3) is 8.23. The normalized spacial score (nSPS) is 11.8. The first-order valence-electron chi connectivity index (χ1n) is 14.3. The number of sulfonamides is 1. The number of rotatable bonds is 14. The number of benzene rings is 4. The topological polar surface area (TPSA) is 96.0 Å². The molecule has 4 rings (SSSR count). The first-order chi connectivity index (χ1) is 21.2. The molecule has 8 nitrogen and oxygen atoms in total. The number of amides is 2. The van der Waals surface area contributed by atoms with Gasteiger partial charge in [0, 0.05) is 19.5 Å². The monoisotopic (exact) mass is 617 g/mol. The summed E-state index contributed by atoms with van der Waals surface area (Å²) in [5, 5.41) is 2.90. The lowest BCUT2D eigenvalue weighted by atomic mass is 10.0. The molecule has 0 bridgehead atoms. The molecule has 0 spiro atoms. The van der Waals surface area contributed by atoms with Gasteiger partial charge in [-0.05, 0) is 66.1 Å². The van der Waals surface area contributed by atoms with Gasteiger partial charge < -0.3 is 15.0 Å². The number of ether oxygens (including phenoxy) is 1. The van der Waals surface area contributed by atoms with Crippen LogP contribution >= 0.6 is 0 Å². The third-order valence-electron chi connectivity index (χ3n) is 7.06. The molecule has 0 aliphatic heterocycles. The average molecular weight is 618 g/mol. The van der Waals surface area contributed by atoms with Crippen molar-refractivity contribution in [3.8, 4) is 5.75 Å². The second-order valence-corrected chi connectivity index (χ2v) is 12.0. The smallest absolute Gasteiger partial charge is 0.264 e. The van der Waals surface area contributed by atoms with E-state index in [4.69, 9.17) is 4.74 Å². The minimum Gasteiger partial charge on any atom is -0.497 e. The van der Waals surface area contributed by atoms with Crippen LogP contribution in [0.2, 0.25) is 0 Å². The van der Waals surface area contributed by atoms with Crippen molar-refractivity contribution in [3.63, 3.8) is 0 Å². The zero-order chi connectivity index (χ0) is 31.5. The third-order valence-corrected chi connectivity index (χ3v) is 8.85. The van der Waals surface area contributed by atoms with Gasteiger partial charge in [-0.2, -0.15) is 0 Å². The van der Waals surface area contributed by atoms with Crippen LogP contribution in [0.4, 0.5) is 10.1 Å². The van der Waals surface area contributed by atoms with Crippen molar-refractivity contribution in [2.24, 2.45) is 0 Å². The molecule has 0 radical (unpaired) electrons. The average Bonchev–Trinajstić information content (AvgIpc) is 3.05. The Hall–Kier alpha value is -4.70. The predicted octanol–water partition coefficient (Wildman–Crippen LogP) is 5.20. The maximum absolute atomic E-state index is 14.4. The number of anilines is 1. The number of halogens is 1. The molecule has 0 aromatic heterocycles. The molecule has 1 N–H and O–H groups in total. The van der Waals surface area contributed by atoms with Gasteiger partial charge in [0.2, 0.25) is 11.8 Å². The van der Waals surface area contributed by atoms with Gasteiger partial charge in [-0.15, -0.1) is 0 Å². The second kappa shape index (κ2) is 15.2. The fourth-order valence-corrected chi connectivity index (χ4v) is 6.14. The molecule has 4 aromatic carbocycles. The molecule has 0 aliphatic rings. The summed E-state index contributed by atoms with van der Waals surface area (Å²) < 4.78 is 48.0. The number of nitrogens with one attached hydrogen (secondary N) is 1. The zero-order valence-corrected chi connectivity index (χ0v) is 25.5. The van der Waals surface area contributed by atoms with Gasteiger partial charge >= 0.3 is 0 Å². The van der Waals surface area contributed by atoms with E-state index in [1.165, 1.54) is 36.3 Å². The first-order valence-corrected chi connectivity index (χ1v) is 15.7. The van der Waals surface area contributed by atoms with Crippen molar-refractivity contribution in [1.82, 2.24) is 10.2 Å². The summed E-state index contributed by atoms with van der Waals surface area (Å²) in [4.78, 5) is 29.4. The Kier molecular flexibility index (Phi) is 11.1. The number of methoxy groups -OCH3 is 1. The number of carbonyl (C=O) groups excluding carboxylic acids is 2. The summed E-state index contributed by atoms with van der Waals surface area (Å²) in [6, 6.07) is 28.1. The van der Waals surface area contributed by atoms with E-state index < -0.39 is 34.3 Å². The quantitative estimate of drug-likeness (QED) is 0.210. The van der Waals surface area contributed by atoms with Gasteiger partial charge in [-0.1, -0.05) is 67.6 Å². The zero-order valence-electron chi connectivity index (χ0n) is 24.7. The predicted molar refractivity (Wildman–Crippen MR) is 168 cm³/mol. The van der Waals surface area contributed by atoms with Crippen LogP contribution in [-0.2, 0) is 32.6 Å². The van der Waals surface area contributed by atoms with Gasteiger partial charge in [0.15, 0.2) is 0 Å². The highest BCUT2D eigenvalue weighted by Gasteiger charge is 2.34. The number of nitrogens with zero attached hydrogens (tertiary/aromatic N) is 2. The molecule has 0 heterocycles. The van der Waals surface area contributed by atoms with Crippen molar-refractivity contribution >= 4 is 27.5 Å². The molecule has 2 amide bonds. The van der Waals surface area contributed by atoms with Crippen molar-refractivity contribution in [2.75, 3.05) is 24.5 Å². The van der Waals surface area contributed by atoms with Gasteiger partial charge in [-0.3, -0.25) is 13.9 Å². The molecule has 4 aromatic rings. The lowest BCUT2D eigenvalue weighted by Crippen LogP contribution is -2.53. The number of hydrogen-bond donors (Lipinski definition) is 1. The Morgan fingerprint density at radius 2 is 1.45 bits per heavy atom. The van der Waals surface area contributed by atoms with Gasteiger partial charge in [-0.25, -0.2) is 12.8 Å². The molecule has 0 aliphatic carbocycles. The minimum atomic E-state index is -4.20. The van der Waals surface area contributed by atoms with E-state index in [0.717, 1.165) is 9.87 Å². The van der Waals surface area contributed by atoms with Crippen LogP contribution in [0.3, 0.4) is 0 Å². The van der Waals surface area contributed by atoms with Crippen LogP contribution in [0.5, 0.6) is 5.75 Å². The Balaban J connectivity index is 1.78. The molecular formula is C34H36FN3O5S. The van der Waals surface area contributed by atoms with Crippen LogP contribution < -0.4 is 14.4 Å². The van der Waals surface area contributed by atoms with Gasteiger partial charge in [0.1, 0.15) is 24.2 Å². The summed E-state index contributed by atoms with van der Waals surface area (Å²) in [6.45, 7) is 1.70. The molecule has 44 heavy (non-hydrogen) atoms. The van der Waals surface area contributed by atoms with Crippen LogP contribution in [0.1, 0.15) is 24.5 Å². The molecule has 230 valence electrons. The lowest BCUT2D eigenvalue weighted by molar-refractivity contribution is -0.140. The maximum Gasteiger partial charge on any atom is 0.264 e. The van der Waals surface area contributed by atoms with E-state index in [9.17, 15) is 22.4 Å². The van der Waals surface area contributed by atoms with Crippen LogP contribution in [0.25, 0.3) is 0 Å². The first kappa shape index (κ1) is 32.2. The van der Waals surface area contributed by atoms with E-state index in [2.05, 4.69) is 5.32 Å². The van der Waals surface area contributed by atoms with E-state index in [0.29, 0.717) is 24.3 Å². The molecule has 0 saturated heterocycles. The fraction of sp³-hybridized carbons (Fsp3) is 0.235. The van der Waals surface area contributed by atoms with E-state index in [1.807, 2.05) is 37.3 Å². The molecular weight excluding hydrogens is 581 g/mol. The van der Waals surface area contributed by atoms with Crippen molar-refractivity contribution in [3.05, 3.63) is 126 Å². The van der Waals surface area contributed by atoms with Gasteiger partial charge in [0.05, 0.1) is 17.7 Å².